The molecule has 1 unspecified atom stereocenters. The highest BCUT2D eigenvalue weighted by molar-refractivity contribution is 7.99. The van der Waals surface area contributed by atoms with Gasteiger partial charge >= 0.3 is 0 Å². The quantitative estimate of drug-likeness (QED) is 0.768. The van der Waals surface area contributed by atoms with Crippen molar-refractivity contribution in [3.8, 4) is 0 Å². The van der Waals surface area contributed by atoms with Gasteiger partial charge in [-0.1, -0.05) is 12.8 Å². The minimum absolute atomic E-state index is 0.773. The van der Waals surface area contributed by atoms with E-state index in [0.29, 0.717) is 0 Å². The fourth-order valence-corrected chi connectivity index (χ4v) is 3.88. The molecule has 2 rings (SSSR count). The molecule has 1 saturated heterocycles. The normalized spacial score (nSPS) is 31.1. The summed E-state index contributed by atoms with van der Waals surface area (Å²) in [5, 5.41) is 4.46. The molecule has 2 aliphatic rings. The van der Waals surface area contributed by atoms with Crippen molar-refractivity contribution < 1.29 is 0 Å². The van der Waals surface area contributed by atoms with Crippen LogP contribution in [0.5, 0.6) is 0 Å². The van der Waals surface area contributed by atoms with Crippen LogP contribution in [-0.2, 0) is 0 Å². The van der Waals surface area contributed by atoms with Crippen molar-refractivity contribution in [3.05, 3.63) is 0 Å². The van der Waals surface area contributed by atoms with Gasteiger partial charge in [0.1, 0.15) is 0 Å². The zero-order valence-corrected chi connectivity index (χ0v) is 9.98. The van der Waals surface area contributed by atoms with E-state index in [4.69, 9.17) is 0 Å². The van der Waals surface area contributed by atoms with Crippen molar-refractivity contribution in [2.45, 2.75) is 37.0 Å². The van der Waals surface area contributed by atoms with E-state index in [0.717, 1.165) is 11.3 Å². The second-order valence-electron chi connectivity index (χ2n) is 4.58. The lowest BCUT2D eigenvalue weighted by atomic mass is 10.2. The van der Waals surface area contributed by atoms with E-state index in [-0.39, 0.29) is 0 Å². The van der Waals surface area contributed by atoms with Crippen molar-refractivity contribution in [3.63, 3.8) is 0 Å². The molecule has 2 fully saturated rings. The summed E-state index contributed by atoms with van der Waals surface area (Å²) >= 11 is 2.21. The van der Waals surface area contributed by atoms with Crippen molar-refractivity contribution in [1.29, 1.82) is 0 Å². The molecule has 1 saturated carbocycles. The fourth-order valence-electron chi connectivity index (χ4n) is 2.35. The summed E-state index contributed by atoms with van der Waals surface area (Å²) in [6, 6.07) is 0.773. The van der Waals surface area contributed by atoms with E-state index in [9.17, 15) is 0 Å². The van der Waals surface area contributed by atoms with Gasteiger partial charge in [0.25, 0.3) is 0 Å². The lowest BCUT2D eigenvalue weighted by molar-refractivity contribution is 0.218. The molecular weight excluding hydrogens is 192 g/mol. The number of hydrogen-bond donors (Lipinski definition) is 1. The van der Waals surface area contributed by atoms with E-state index < -0.39 is 0 Å². The molecule has 0 aromatic carbocycles. The Bertz CT molecular complexity index is 169. The largest absolute Gasteiger partial charge is 0.314 e. The van der Waals surface area contributed by atoms with Gasteiger partial charge in [0.2, 0.25) is 0 Å². The van der Waals surface area contributed by atoms with Crippen molar-refractivity contribution in [1.82, 2.24) is 10.2 Å². The molecule has 0 spiro atoms. The van der Waals surface area contributed by atoms with Crippen molar-refractivity contribution >= 4 is 11.8 Å². The smallest absolute Gasteiger partial charge is 0.0308 e. The number of likely N-dealkylation sites (N-methyl/N-ethyl adjacent to an activating group) is 1. The topological polar surface area (TPSA) is 15.3 Å². The molecular formula is C11H22N2S. The van der Waals surface area contributed by atoms with E-state index in [1.54, 1.807) is 0 Å². The standard InChI is InChI=1S/C11H22N2S/c1-13-7-6-12-8-10(13)9-14-11-4-2-3-5-11/h10-12H,2-9H2,1H3. The summed E-state index contributed by atoms with van der Waals surface area (Å²) in [5.74, 6) is 1.33. The highest BCUT2D eigenvalue weighted by atomic mass is 32.2. The second kappa shape index (κ2) is 5.38. The molecule has 14 heavy (non-hydrogen) atoms. The average molecular weight is 214 g/mol. The summed E-state index contributed by atoms with van der Waals surface area (Å²) in [6.07, 6.45) is 5.87. The van der Waals surface area contributed by atoms with E-state index >= 15 is 0 Å². The summed E-state index contributed by atoms with van der Waals surface area (Å²) in [6.45, 7) is 3.58. The first kappa shape index (κ1) is 10.8. The van der Waals surface area contributed by atoms with Crippen LogP contribution in [0.15, 0.2) is 0 Å². The predicted octanol–water partition coefficient (Wildman–Crippen LogP) is 1.57. The SMILES string of the molecule is CN1CCNCC1CSC1CCCC1. The van der Waals surface area contributed by atoms with Gasteiger partial charge in [-0.2, -0.15) is 11.8 Å². The molecule has 3 heteroatoms. The maximum Gasteiger partial charge on any atom is 0.0308 e. The summed E-state index contributed by atoms with van der Waals surface area (Å²) in [5.41, 5.74) is 0. The van der Waals surface area contributed by atoms with Gasteiger partial charge in [0.15, 0.2) is 0 Å². The molecule has 1 atom stereocenters. The summed E-state index contributed by atoms with van der Waals surface area (Å²) in [4.78, 5) is 2.51. The molecule has 1 aliphatic heterocycles. The number of nitrogens with one attached hydrogen (secondary N) is 1. The lowest BCUT2D eigenvalue weighted by Crippen LogP contribution is -2.50. The number of piperazine rings is 1. The first-order valence-corrected chi connectivity index (χ1v) is 6.93. The van der Waals surface area contributed by atoms with Crippen LogP contribution in [0.25, 0.3) is 0 Å². The highest BCUT2D eigenvalue weighted by Gasteiger charge is 2.21. The molecule has 0 radical (unpaired) electrons. The Morgan fingerprint density at radius 1 is 1.36 bits per heavy atom. The van der Waals surface area contributed by atoms with Gasteiger partial charge in [0.05, 0.1) is 0 Å². The van der Waals surface area contributed by atoms with Crippen LogP contribution in [0.2, 0.25) is 0 Å². The third-order valence-electron chi connectivity index (χ3n) is 3.47. The van der Waals surface area contributed by atoms with Gasteiger partial charge in [-0.25, -0.2) is 0 Å². The van der Waals surface area contributed by atoms with Crippen LogP contribution in [-0.4, -0.2) is 48.6 Å². The first-order valence-electron chi connectivity index (χ1n) is 5.89. The molecule has 1 aliphatic carbocycles. The molecule has 1 heterocycles. The maximum atomic E-state index is 3.49. The third-order valence-corrected chi connectivity index (χ3v) is 4.99. The van der Waals surface area contributed by atoms with E-state index in [1.807, 2.05) is 0 Å². The van der Waals surface area contributed by atoms with Crippen molar-refractivity contribution in [2.24, 2.45) is 0 Å². The summed E-state index contributed by atoms with van der Waals surface area (Å²) < 4.78 is 0. The van der Waals surface area contributed by atoms with Crippen LogP contribution < -0.4 is 5.32 Å². The maximum absolute atomic E-state index is 3.49. The second-order valence-corrected chi connectivity index (χ2v) is 5.91. The number of rotatable bonds is 3. The molecule has 0 aromatic heterocycles. The van der Waals surface area contributed by atoms with Gasteiger partial charge < -0.3 is 10.2 Å². The van der Waals surface area contributed by atoms with Crippen LogP contribution >= 0.6 is 11.8 Å². The zero-order chi connectivity index (χ0) is 9.80. The van der Waals surface area contributed by atoms with Crippen molar-refractivity contribution in [2.75, 3.05) is 32.4 Å². The molecule has 0 aromatic rings. The first-order chi connectivity index (χ1) is 6.86. The van der Waals surface area contributed by atoms with Gasteiger partial charge in [-0.15, -0.1) is 0 Å². The van der Waals surface area contributed by atoms with E-state index in [1.165, 1.54) is 51.1 Å². The Kier molecular flexibility index (Phi) is 4.14. The van der Waals surface area contributed by atoms with Crippen LogP contribution in [0, 0.1) is 0 Å². The lowest BCUT2D eigenvalue weighted by Gasteiger charge is -2.33. The number of hydrogen-bond acceptors (Lipinski definition) is 3. The molecule has 0 bridgehead atoms. The minimum Gasteiger partial charge on any atom is -0.314 e. The zero-order valence-electron chi connectivity index (χ0n) is 9.17. The number of thioether (sulfide) groups is 1. The predicted molar refractivity (Wildman–Crippen MR) is 64.0 cm³/mol. The summed E-state index contributed by atoms with van der Waals surface area (Å²) in [7, 11) is 2.26. The monoisotopic (exact) mass is 214 g/mol. The fraction of sp³-hybridized carbons (Fsp3) is 1.00. The van der Waals surface area contributed by atoms with Crippen LogP contribution in [0.4, 0.5) is 0 Å². The van der Waals surface area contributed by atoms with Gasteiger partial charge in [-0.05, 0) is 19.9 Å². The molecule has 2 nitrogen and oxygen atoms in total. The molecule has 0 amide bonds. The Morgan fingerprint density at radius 3 is 2.86 bits per heavy atom. The Morgan fingerprint density at radius 2 is 2.14 bits per heavy atom. The van der Waals surface area contributed by atoms with Gasteiger partial charge in [-0.3, -0.25) is 0 Å². The molecule has 1 N–H and O–H groups in total. The highest BCUT2D eigenvalue weighted by Crippen LogP contribution is 2.30. The third kappa shape index (κ3) is 2.88. The van der Waals surface area contributed by atoms with Crippen LogP contribution in [0.1, 0.15) is 25.7 Å². The number of nitrogens with zero attached hydrogens (tertiary/aromatic N) is 1. The van der Waals surface area contributed by atoms with Crippen LogP contribution in [0.3, 0.4) is 0 Å². The van der Waals surface area contributed by atoms with E-state index in [2.05, 4.69) is 29.0 Å². The molecule has 82 valence electrons. The minimum atomic E-state index is 0.773. The Labute approximate surface area is 91.8 Å². The Balaban J connectivity index is 1.67. The average Bonchev–Trinajstić information content (AvgIpc) is 2.69. The van der Waals surface area contributed by atoms with Gasteiger partial charge in [0, 0.05) is 36.7 Å². The Hall–Kier alpha value is 0.270.